The molecule has 0 radical (unpaired) electrons. The summed E-state index contributed by atoms with van der Waals surface area (Å²) in [7, 11) is 2.20. The second-order valence-corrected chi connectivity index (χ2v) is 8.52. The highest BCUT2D eigenvalue weighted by Crippen LogP contribution is 2.21. The van der Waals surface area contributed by atoms with Gasteiger partial charge in [-0.25, -0.2) is 0 Å². The summed E-state index contributed by atoms with van der Waals surface area (Å²) in [5, 5.41) is 0. The van der Waals surface area contributed by atoms with Crippen molar-refractivity contribution in [3.63, 3.8) is 0 Å². The molecule has 0 bridgehead atoms. The number of likely N-dealkylation sites (N-methyl/N-ethyl adjacent to an activating group) is 1. The number of anilines is 1. The zero-order valence-electron chi connectivity index (χ0n) is 18.6. The Kier molecular flexibility index (Phi) is 12.1. The first-order valence-electron chi connectivity index (χ1n) is 12.0. The van der Waals surface area contributed by atoms with Gasteiger partial charge in [0.1, 0.15) is 5.75 Å². The Morgan fingerprint density at radius 3 is 1.71 bits per heavy atom. The normalized spacial score (nSPS) is 15.1. The smallest absolute Gasteiger partial charge is 0.119 e. The van der Waals surface area contributed by atoms with Crippen LogP contribution in [0.25, 0.3) is 0 Å². The predicted molar refractivity (Wildman–Crippen MR) is 123 cm³/mol. The van der Waals surface area contributed by atoms with E-state index in [1.165, 1.54) is 82.7 Å². The Hall–Kier alpha value is -1.22. The fraction of sp³-hybridized carbons (Fsp3) is 0.760. The van der Waals surface area contributed by atoms with Gasteiger partial charge in [-0.05, 0) is 37.7 Å². The van der Waals surface area contributed by atoms with Gasteiger partial charge in [0, 0.05) is 31.9 Å². The number of hydrogen-bond acceptors (Lipinski definition) is 3. The minimum atomic E-state index is 0.852. The highest BCUT2D eigenvalue weighted by Gasteiger charge is 2.13. The molecule has 1 fully saturated rings. The Labute approximate surface area is 174 Å². The van der Waals surface area contributed by atoms with E-state index in [-0.39, 0.29) is 0 Å². The summed E-state index contributed by atoms with van der Waals surface area (Å²) in [6, 6.07) is 8.69. The van der Waals surface area contributed by atoms with E-state index >= 15 is 0 Å². The SMILES string of the molecule is CCCCCCCCCCCCCCOc1ccc(N2CCN(C)CC2)cc1. The minimum absolute atomic E-state index is 0.852. The number of ether oxygens (including phenoxy) is 1. The van der Waals surface area contributed by atoms with Crippen LogP contribution in [-0.2, 0) is 0 Å². The van der Waals surface area contributed by atoms with Crippen LogP contribution in [0.2, 0.25) is 0 Å². The first kappa shape index (κ1) is 23.1. The molecule has 3 nitrogen and oxygen atoms in total. The van der Waals surface area contributed by atoms with Crippen LogP contribution in [0.3, 0.4) is 0 Å². The van der Waals surface area contributed by atoms with Crippen molar-refractivity contribution in [3.05, 3.63) is 24.3 Å². The molecule has 0 amide bonds. The molecule has 160 valence electrons. The molecule has 0 aromatic heterocycles. The number of nitrogens with zero attached hydrogens (tertiary/aromatic N) is 2. The van der Waals surface area contributed by atoms with Gasteiger partial charge in [0.25, 0.3) is 0 Å². The van der Waals surface area contributed by atoms with Crippen LogP contribution in [0.15, 0.2) is 24.3 Å². The van der Waals surface area contributed by atoms with Crippen molar-refractivity contribution in [2.24, 2.45) is 0 Å². The van der Waals surface area contributed by atoms with Gasteiger partial charge in [0.2, 0.25) is 0 Å². The lowest BCUT2D eigenvalue weighted by molar-refractivity contribution is 0.304. The fourth-order valence-electron chi connectivity index (χ4n) is 3.95. The number of hydrogen-bond donors (Lipinski definition) is 0. The molecular formula is C25H44N2O. The van der Waals surface area contributed by atoms with E-state index in [0.29, 0.717) is 0 Å². The molecule has 3 heteroatoms. The van der Waals surface area contributed by atoms with Crippen molar-refractivity contribution >= 4 is 5.69 Å². The highest BCUT2D eigenvalue weighted by atomic mass is 16.5. The molecule has 1 saturated heterocycles. The number of rotatable bonds is 15. The zero-order chi connectivity index (χ0) is 19.9. The molecule has 0 spiro atoms. The molecular weight excluding hydrogens is 344 g/mol. The summed E-state index contributed by atoms with van der Waals surface area (Å²) in [6.07, 6.45) is 16.6. The highest BCUT2D eigenvalue weighted by molar-refractivity contribution is 5.49. The molecule has 0 unspecified atom stereocenters. The van der Waals surface area contributed by atoms with E-state index in [4.69, 9.17) is 4.74 Å². The lowest BCUT2D eigenvalue weighted by atomic mass is 10.1. The fourth-order valence-corrected chi connectivity index (χ4v) is 3.95. The predicted octanol–water partition coefficient (Wildman–Crippen LogP) is 6.52. The van der Waals surface area contributed by atoms with E-state index in [1.54, 1.807) is 0 Å². The Morgan fingerprint density at radius 1 is 0.679 bits per heavy atom. The second kappa shape index (κ2) is 14.7. The molecule has 0 atom stereocenters. The monoisotopic (exact) mass is 388 g/mol. The van der Waals surface area contributed by atoms with Crippen LogP contribution in [0, 0.1) is 0 Å². The van der Waals surface area contributed by atoms with Crippen LogP contribution in [-0.4, -0.2) is 44.7 Å². The summed E-state index contributed by atoms with van der Waals surface area (Å²) in [5.41, 5.74) is 1.32. The van der Waals surface area contributed by atoms with Gasteiger partial charge in [0.15, 0.2) is 0 Å². The van der Waals surface area contributed by atoms with Gasteiger partial charge < -0.3 is 14.5 Å². The van der Waals surface area contributed by atoms with Crippen LogP contribution < -0.4 is 9.64 Å². The summed E-state index contributed by atoms with van der Waals surface area (Å²) < 4.78 is 5.93. The number of benzene rings is 1. The lowest BCUT2D eigenvalue weighted by Gasteiger charge is -2.34. The Balaban J connectivity index is 1.42. The maximum absolute atomic E-state index is 5.93. The first-order valence-corrected chi connectivity index (χ1v) is 12.0. The first-order chi connectivity index (χ1) is 13.8. The zero-order valence-corrected chi connectivity index (χ0v) is 18.6. The average Bonchev–Trinajstić information content (AvgIpc) is 2.72. The molecule has 1 aliphatic rings. The van der Waals surface area contributed by atoms with Gasteiger partial charge in [-0.15, -0.1) is 0 Å². The third-order valence-electron chi connectivity index (χ3n) is 5.97. The summed E-state index contributed by atoms with van der Waals surface area (Å²) >= 11 is 0. The molecule has 1 aliphatic heterocycles. The van der Waals surface area contributed by atoms with Crippen LogP contribution in [0.1, 0.15) is 84.0 Å². The molecule has 28 heavy (non-hydrogen) atoms. The molecule has 1 aromatic carbocycles. The molecule has 2 rings (SSSR count). The topological polar surface area (TPSA) is 15.7 Å². The quantitative estimate of drug-likeness (QED) is 0.318. The largest absolute Gasteiger partial charge is 0.494 e. The van der Waals surface area contributed by atoms with Crippen molar-refractivity contribution in [1.82, 2.24) is 4.90 Å². The van der Waals surface area contributed by atoms with Gasteiger partial charge in [0.05, 0.1) is 6.61 Å². The molecule has 1 heterocycles. The molecule has 0 aliphatic carbocycles. The van der Waals surface area contributed by atoms with Crippen molar-refractivity contribution in [1.29, 1.82) is 0 Å². The van der Waals surface area contributed by atoms with Crippen molar-refractivity contribution in [2.45, 2.75) is 84.0 Å². The van der Waals surface area contributed by atoms with E-state index in [1.807, 2.05) is 0 Å². The van der Waals surface area contributed by atoms with E-state index in [9.17, 15) is 0 Å². The number of piperazine rings is 1. The van der Waals surface area contributed by atoms with Gasteiger partial charge in [-0.2, -0.15) is 0 Å². The standard InChI is InChI=1S/C25H44N2O/c1-3-4-5-6-7-8-9-10-11-12-13-14-23-28-25-17-15-24(16-18-25)27-21-19-26(2)20-22-27/h15-18H,3-14,19-23H2,1-2H3. The maximum atomic E-state index is 5.93. The number of unbranched alkanes of at least 4 members (excludes halogenated alkanes) is 11. The summed E-state index contributed by atoms with van der Waals surface area (Å²) in [5.74, 6) is 1.01. The summed E-state index contributed by atoms with van der Waals surface area (Å²) in [6.45, 7) is 7.68. The van der Waals surface area contributed by atoms with E-state index in [0.717, 1.165) is 38.5 Å². The van der Waals surface area contributed by atoms with Crippen LogP contribution in [0.4, 0.5) is 5.69 Å². The minimum Gasteiger partial charge on any atom is -0.494 e. The Bertz CT molecular complexity index is 480. The summed E-state index contributed by atoms with van der Waals surface area (Å²) in [4.78, 5) is 4.86. The van der Waals surface area contributed by atoms with Crippen LogP contribution >= 0.6 is 0 Å². The third-order valence-corrected chi connectivity index (χ3v) is 5.97. The molecule has 0 saturated carbocycles. The third kappa shape index (κ3) is 9.82. The van der Waals surface area contributed by atoms with Gasteiger partial charge in [-0.1, -0.05) is 77.6 Å². The van der Waals surface area contributed by atoms with Crippen molar-refractivity contribution < 1.29 is 4.74 Å². The van der Waals surface area contributed by atoms with Crippen molar-refractivity contribution in [3.8, 4) is 5.75 Å². The van der Waals surface area contributed by atoms with Crippen LogP contribution in [0.5, 0.6) is 5.75 Å². The van der Waals surface area contributed by atoms with E-state index < -0.39 is 0 Å². The maximum Gasteiger partial charge on any atom is 0.119 e. The van der Waals surface area contributed by atoms with Gasteiger partial charge >= 0.3 is 0 Å². The average molecular weight is 389 g/mol. The lowest BCUT2D eigenvalue weighted by Crippen LogP contribution is -2.44. The van der Waals surface area contributed by atoms with Gasteiger partial charge in [-0.3, -0.25) is 0 Å². The second-order valence-electron chi connectivity index (χ2n) is 8.52. The molecule has 1 aromatic rings. The molecule has 0 N–H and O–H groups in total. The van der Waals surface area contributed by atoms with Crippen molar-refractivity contribution in [2.75, 3.05) is 44.7 Å². The Morgan fingerprint density at radius 2 is 1.18 bits per heavy atom. The van der Waals surface area contributed by atoms with E-state index in [2.05, 4.69) is 48.0 Å².